The molecule has 0 radical (unpaired) electrons. The van der Waals surface area contributed by atoms with Crippen molar-refractivity contribution in [3.05, 3.63) is 30.1 Å². The van der Waals surface area contributed by atoms with E-state index in [-0.39, 0.29) is 4.90 Å². The Hall–Kier alpha value is -1.43. The second-order valence-electron chi connectivity index (χ2n) is 3.48. The summed E-state index contributed by atoms with van der Waals surface area (Å²) in [4.78, 5) is 10.3. The summed E-state index contributed by atoms with van der Waals surface area (Å²) in [7, 11) is -3.75. The summed E-state index contributed by atoms with van der Waals surface area (Å²) in [5.41, 5.74) is 0. The van der Waals surface area contributed by atoms with Crippen molar-refractivity contribution in [2.45, 2.75) is 11.8 Å². The molecular weight excluding hydrogens is 235 g/mol. The summed E-state index contributed by atoms with van der Waals surface area (Å²) in [6.07, 6.45) is 0. The fourth-order valence-corrected chi connectivity index (χ4v) is 2.73. The third-order valence-corrected chi connectivity index (χ3v) is 3.96. The number of carboxylic acid groups (broad SMARTS) is 1. The quantitative estimate of drug-likeness (QED) is 0.869. The molecule has 0 aliphatic heterocycles. The van der Waals surface area contributed by atoms with Gasteiger partial charge in [0.2, 0.25) is 0 Å². The molecule has 1 aromatic rings. The monoisotopic (exact) mass is 246 g/mol. The van der Waals surface area contributed by atoms with Crippen LogP contribution in [0.3, 0.4) is 0 Å². The average molecular weight is 246 g/mol. The van der Waals surface area contributed by atoms with Gasteiger partial charge in [-0.1, -0.05) is 13.0 Å². The van der Waals surface area contributed by atoms with Crippen LogP contribution in [-0.2, 0) is 14.6 Å². The highest BCUT2D eigenvalue weighted by molar-refractivity contribution is 7.91. The van der Waals surface area contributed by atoms with E-state index >= 15 is 0 Å². The lowest BCUT2D eigenvalue weighted by Crippen LogP contribution is -2.21. The first kappa shape index (κ1) is 12.6. The summed E-state index contributed by atoms with van der Waals surface area (Å²) >= 11 is 0. The first-order valence-corrected chi connectivity index (χ1v) is 6.19. The zero-order valence-electron chi connectivity index (χ0n) is 8.55. The standard InChI is InChI=1S/C10H11FO4S/c1-7(10(12)13)6-16(14,15)9-4-2-3-8(11)5-9/h2-5,7H,6H2,1H3,(H,12,13). The van der Waals surface area contributed by atoms with Gasteiger partial charge in [-0.2, -0.15) is 0 Å². The fraction of sp³-hybridized carbons (Fsp3) is 0.300. The fourth-order valence-electron chi connectivity index (χ4n) is 1.16. The highest BCUT2D eigenvalue weighted by Crippen LogP contribution is 2.15. The van der Waals surface area contributed by atoms with Gasteiger partial charge in [-0.25, -0.2) is 12.8 Å². The molecule has 0 heterocycles. The predicted octanol–water partition coefficient (Wildman–Crippen LogP) is 1.32. The number of carboxylic acids is 1. The molecule has 0 saturated carbocycles. The van der Waals surface area contributed by atoms with Crippen molar-refractivity contribution in [3.63, 3.8) is 0 Å². The molecule has 1 aromatic carbocycles. The zero-order valence-corrected chi connectivity index (χ0v) is 9.37. The van der Waals surface area contributed by atoms with Gasteiger partial charge in [0.25, 0.3) is 0 Å². The van der Waals surface area contributed by atoms with Crippen LogP contribution < -0.4 is 0 Å². The maximum Gasteiger partial charge on any atom is 0.307 e. The summed E-state index contributed by atoms with van der Waals surface area (Å²) in [6, 6.07) is 4.52. The number of aliphatic carboxylic acids is 1. The molecular formula is C10H11FO4S. The Bertz CT molecular complexity index is 495. The lowest BCUT2D eigenvalue weighted by Gasteiger charge is -2.07. The smallest absolute Gasteiger partial charge is 0.307 e. The first-order valence-electron chi connectivity index (χ1n) is 4.54. The van der Waals surface area contributed by atoms with Gasteiger partial charge in [-0.15, -0.1) is 0 Å². The van der Waals surface area contributed by atoms with E-state index in [1.807, 2.05) is 0 Å². The van der Waals surface area contributed by atoms with Crippen molar-refractivity contribution in [2.24, 2.45) is 5.92 Å². The van der Waals surface area contributed by atoms with Crippen LogP contribution in [0.1, 0.15) is 6.92 Å². The minimum Gasteiger partial charge on any atom is -0.481 e. The van der Waals surface area contributed by atoms with E-state index in [1.165, 1.54) is 19.1 Å². The van der Waals surface area contributed by atoms with Crippen LogP contribution in [-0.4, -0.2) is 25.2 Å². The van der Waals surface area contributed by atoms with Crippen molar-refractivity contribution in [1.29, 1.82) is 0 Å². The van der Waals surface area contributed by atoms with Crippen molar-refractivity contribution in [3.8, 4) is 0 Å². The van der Waals surface area contributed by atoms with E-state index in [0.717, 1.165) is 12.1 Å². The molecule has 0 saturated heterocycles. The molecule has 0 aliphatic carbocycles. The minimum absolute atomic E-state index is 0.194. The average Bonchev–Trinajstić information content (AvgIpc) is 2.17. The Kier molecular flexibility index (Phi) is 3.64. The molecule has 6 heteroatoms. The molecule has 0 aromatic heterocycles. The molecule has 16 heavy (non-hydrogen) atoms. The largest absolute Gasteiger partial charge is 0.481 e. The first-order chi connectivity index (χ1) is 7.33. The second kappa shape index (κ2) is 4.61. The van der Waals surface area contributed by atoms with E-state index in [1.54, 1.807) is 0 Å². The lowest BCUT2D eigenvalue weighted by molar-refractivity contribution is -0.140. The number of hydrogen-bond acceptors (Lipinski definition) is 3. The molecule has 1 N–H and O–H groups in total. The maximum absolute atomic E-state index is 12.8. The van der Waals surface area contributed by atoms with Gasteiger partial charge >= 0.3 is 5.97 Å². The van der Waals surface area contributed by atoms with Crippen LogP contribution in [0.5, 0.6) is 0 Å². The Morgan fingerprint density at radius 1 is 1.50 bits per heavy atom. The third kappa shape index (κ3) is 3.03. The number of halogens is 1. The molecule has 1 atom stereocenters. The molecule has 0 aliphatic rings. The molecule has 0 fully saturated rings. The molecule has 1 unspecified atom stereocenters. The molecule has 0 amide bonds. The van der Waals surface area contributed by atoms with Crippen molar-refractivity contribution in [2.75, 3.05) is 5.75 Å². The summed E-state index contributed by atoms with van der Waals surface area (Å²) < 4.78 is 36.2. The Balaban J connectivity index is 2.99. The molecule has 4 nitrogen and oxygen atoms in total. The Morgan fingerprint density at radius 2 is 2.12 bits per heavy atom. The van der Waals surface area contributed by atoms with Gasteiger partial charge in [0, 0.05) is 0 Å². The number of carbonyl (C=O) groups is 1. The number of sulfone groups is 1. The summed E-state index contributed by atoms with van der Waals surface area (Å²) in [5.74, 6) is -3.41. The highest BCUT2D eigenvalue weighted by Gasteiger charge is 2.22. The number of benzene rings is 1. The van der Waals surface area contributed by atoms with Gasteiger partial charge in [0.1, 0.15) is 5.82 Å². The van der Waals surface area contributed by atoms with E-state index < -0.39 is 33.3 Å². The van der Waals surface area contributed by atoms with E-state index in [4.69, 9.17) is 5.11 Å². The van der Waals surface area contributed by atoms with Crippen LogP contribution in [0.15, 0.2) is 29.2 Å². The number of hydrogen-bond donors (Lipinski definition) is 1. The zero-order chi connectivity index (χ0) is 12.3. The lowest BCUT2D eigenvalue weighted by atomic mass is 10.2. The molecule has 1 rings (SSSR count). The molecule has 0 bridgehead atoms. The van der Waals surface area contributed by atoms with E-state index in [9.17, 15) is 17.6 Å². The molecule has 0 spiro atoms. The van der Waals surface area contributed by atoms with E-state index in [0.29, 0.717) is 0 Å². The normalized spacial score (nSPS) is 13.4. The van der Waals surface area contributed by atoms with Crippen molar-refractivity contribution >= 4 is 15.8 Å². The van der Waals surface area contributed by atoms with Crippen molar-refractivity contribution in [1.82, 2.24) is 0 Å². The van der Waals surface area contributed by atoms with Gasteiger partial charge in [-0.3, -0.25) is 4.79 Å². The van der Waals surface area contributed by atoms with Crippen LogP contribution >= 0.6 is 0 Å². The third-order valence-electron chi connectivity index (χ3n) is 2.05. The minimum atomic E-state index is -3.75. The summed E-state index contributed by atoms with van der Waals surface area (Å²) in [6.45, 7) is 1.29. The van der Waals surface area contributed by atoms with Gasteiger partial charge in [0.15, 0.2) is 9.84 Å². The van der Waals surface area contributed by atoms with E-state index in [2.05, 4.69) is 0 Å². The second-order valence-corrected chi connectivity index (χ2v) is 5.51. The van der Waals surface area contributed by atoms with Gasteiger partial charge in [0.05, 0.1) is 16.6 Å². The van der Waals surface area contributed by atoms with Crippen molar-refractivity contribution < 1.29 is 22.7 Å². The van der Waals surface area contributed by atoms with Crippen LogP contribution in [0.4, 0.5) is 4.39 Å². The van der Waals surface area contributed by atoms with Crippen LogP contribution in [0, 0.1) is 11.7 Å². The topological polar surface area (TPSA) is 71.4 Å². The predicted molar refractivity (Wildman–Crippen MR) is 55.3 cm³/mol. The molecule has 88 valence electrons. The van der Waals surface area contributed by atoms with Gasteiger partial charge in [-0.05, 0) is 18.2 Å². The summed E-state index contributed by atoms with van der Waals surface area (Å²) in [5, 5.41) is 8.61. The van der Waals surface area contributed by atoms with Crippen LogP contribution in [0.25, 0.3) is 0 Å². The van der Waals surface area contributed by atoms with Crippen LogP contribution in [0.2, 0.25) is 0 Å². The maximum atomic E-state index is 12.8. The number of rotatable bonds is 4. The Labute approximate surface area is 92.6 Å². The Morgan fingerprint density at radius 3 is 2.62 bits per heavy atom. The van der Waals surface area contributed by atoms with Gasteiger partial charge < -0.3 is 5.11 Å². The SMILES string of the molecule is CC(CS(=O)(=O)c1cccc(F)c1)C(=O)O. The highest BCUT2D eigenvalue weighted by atomic mass is 32.2.